The molecular formula is C16H15Br2NO. The van der Waals surface area contributed by atoms with Gasteiger partial charge in [-0.1, -0.05) is 34.1 Å². The predicted molar refractivity (Wildman–Crippen MR) is 80.8 cm³/mol. The second kappa shape index (κ2) is 6.55. The molecule has 3 rings (SSSR count). The number of hydrogen-bond acceptors (Lipinski definition) is 1. The SMILES string of the molecule is COc1cccc2c1C=[N+](c1cccc(Br)c1)CC2.[Br-]. The highest BCUT2D eigenvalue weighted by molar-refractivity contribution is 9.10. The van der Waals surface area contributed by atoms with Crippen LogP contribution in [-0.4, -0.2) is 24.4 Å². The van der Waals surface area contributed by atoms with Crippen molar-refractivity contribution in [1.82, 2.24) is 0 Å². The molecule has 104 valence electrons. The molecule has 0 unspecified atom stereocenters. The normalized spacial score (nSPS) is 13.0. The Hall–Kier alpha value is -1.13. The molecule has 1 aliphatic heterocycles. The van der Waals surface area contributed by atoms with E-state index < -0.39 is 0 Å². The molecule has 0 amide bonds. The van der Waals surface area contributed by atoms with Gasteiger partial charge in [0.1, 0.15) is 5.75 Å². The minimum atomic E-state index is 0. The monoisotopic (exact) mass is 395 g/mol. The second-order valence-electron chi connectivity index (χ2n) is 4.59. The molecule has 0 atom stereocenters. The average molecular weight is 397 g/mol. The Morgan fingerprint density at radius 3 is 2.70 bits per heavy atom. The summed E-state index contributed by atoms with van der Waals surface area (Å²) in [6.45, 7) is 0.997. The molecular weight excluding hydrogens is 382 g/mol. The summed E-state index contributed by atoms with van der Waals surface area (Å²) in [5.74, 6) is 0.942. The van der Waals surface area contributed by atoms with E-state index >= 15 is 0 Å². The molecule has 0 aliphatic carbocycles. The van der Waals surface area contributed by atoms with Crippen molar-refractivity contribution >= 4 is 27.8 Å². The van der Waals surface area contributed by atoms with Crippen LogP contribution in [0.4, 0.5) is 5.69 Å². The number of fused-ring (bicyclic) bond motifs is 1. The molecule has 2 aromatic carbocycles. The number of hydrogen-bond donors (Lipinski definition) is 0. The van der Waals surface area contributed by atoms with Crippen molar-refractivity contribution in [1.29, 1.82) is 0 Å². The van der Waals surface area contributed by atoms with Crippen molar-refractivity contribution in [2.75, 3.05) is 13.7 Å². The fourth-order valence-corrected chi connectivity index (χ4v) is 2.84. The third-order valence-electron chi connectivity index (χ3n) is 3.42. The summed E-state index contributed by atoms with van der Waals surface area (Å²) in [6.07, 6.45) is 3.22. The number of ether oxygens (including phenoxy) is 1. The molecule has 20 heavy (non-hydrogen) atoms. The van der Waals surface area contributed by atoms with Crippen LogP contribution < -0.4 is 21.7 Å². The molecule has 0 radical (unpaired) electrons. The minimum absolute atomic E-state index is 0. The lowest BCUT2D eigenvalue weighted by Gasteiger charge is -2.14. The molecule has 0 aromatic heterocycles. The Labute approximate surface area is 138 Å². The van der Waals surface area contributed by atoms with Gasteiger partial charge in [-0.2, -0.15) is 4.58 Å². The summed E-state index contributed by atoms with van der Waals surface area (Å²) in [5, 5.41) is 0. The first-order valence-electron chi connectivity index (χ1n) is 6.31. The average Bonchev–Trinajstić information content (AvgIpc) is 2.46. The Morgan fingerprint density at radius 2 is 1.95 bits per heavy atom. The minimum Gasteiger partial charge on any atom is -1.00 e. The number of rotatable bonds is 2. The summed E-state index contributed by atoms with van der Waals surface area (Å²) in [7, 11) is 1.72. The van der Waals surface area contributed by atoms with Crippen molar-refractivity contribution < 1.29 is 26.3 Å². The summed E-state index contributed by atoms with van der Waals surface area (Å²) in [4.78, 5) is 0. The van der Waals surface area contributed by atoms with Crippen LogP contribution in [0.5, 0.6) is 5.75 Å². The van der Waals surface area contributed by atoms with E-state index in [0.717, 1.165) is 23.2 Å². The van der Waals surface area contributed by atoms with E-state index in [9.17, 15) is 0 Å². The zero-order valence-corrected chi connectivity index (χ0v) is 14.3. The van der Waals surface area contributed by atoms with Crippen molar-refractivity contribution in [3.8, 4) is 5.75 Å². The summed E-state index contributed by atoms with van der Waals surface area (Å²) >= 11 is 3.52. The molecule has 1 aliphatic rings. The number of benzene rings is 2. The number of methoxy groups -OCH3 is 1. The first-order valence-corrected chi connectivity index (χ1v) is 7.10. The van der Waals surface area contributed by atoms with E-state index in [4.69, 9.17) is 4.74 Å². The molecule has 2 nitrogen and oxygen atoms in total. The van der Waals surface area contributed by atoms with Crippen LogP contribution in [0.15, 0.2) is 46.9 Å². The molecule has 4 heteroatoms. The topological polar surface area (TPSA) is 12.2 Å². The van der Waals surface area contributed by atoms with E-state index in [0.29, 0.717) is 0 Å². The van der Waals surface area contributed by atoms with Gasteiger partial charge in [-0.15, -0.1) is 0 Å². The van der Waals surface area contributed by atoms with Gasteiger partial charge in [0, 0.05) is 23.0 Å². The van der Waals surface area contributed by atoms with Gasteiger partial charge in [0.2, 0.25) is 5.69 Å². The largest absolute Gasteiger partial charge is 1.00 e. The number of nitrogens with zero attached hydrogens (tertiary/aromatic N) is 1. The van der Waals surface area contributed by atoms with Gasteiger partial charge in [0.05, 0.1) is 12.7 Å². The van der Waals surface area contributed by atoms with Crippen LogP contribution in [0, 0.1) is 0 Å². The highest BCUT2D eigenvalue weighted by atomic mass is 79.9. The summed E-state index contributed by atoms with van der Waals surface area (Å²) < 4.78 is 8.83. The Morgan fingerprint density at radius 1 is 1.15 bits per heavy atom. The standard InChI is InChI=1S/C16H15BrNO.BrH/c1-19-16-7-2-4-12-8-9-18(11-15(12)16)14-6-3-5-13(17)10-14;/h2-7,10-11H,8-9H2,1H3;1H/q+1;/p-1. The van der Waals surface area contributed by atoms with Crippen LogP contribution in [0.2, 0.25) is 0 Å². The molecule has 0 saturated carbocycles. The Balaban J connectivity index is 0.00000147. The Bertz CT molecular complexity index is 653. The van der Waals surface area contributed by atoms with Crippen molar-refractivity contribution in [2.45, 2.75) is 6.42 Å². The molecule has 0 bridgehead atoms. The van der Waals surface area contributed by atoms with Crippen LogP contribution in [0.1, 0.15) is 11.1 Å². The molecule has 0 saturated heterocycles. The second-order valence-corrected chi connectivity index (χ2v) is 5.50. The fourth-order valence-electron chi connectivity index (χ4n) is 2.45. The quantitative estimate of drug-likeness (QED) is 0.683. The predicted octanol–water partition coefficient (Wildman–Crippen LogP) is 0.781. The van der Waals surface area contributed by atoms with Gasteiger partial charge in [-0.3, -0.25) is 0 Å². The van der Waals surface area contributed by atoms with Crippen molar-refractivity contribution in [3.63, 3.8) is 0 Å². The van der Waals surface area contributed by atoms with Gasteiger partial charge in [-0.05, 0) is 17.7 Å². The van der Waals surface area contributed by atoms with E-state index in [1.807, 2.05) is 12.1 Å². The molecule has 2 aromatic rings. The van der Waals surface area contributed by atoms with Gasteiger partial charge in [0.15, 0.2) is 12.8 Å². The maximum Gasteiger partial charge on any atom is 0.206 e. The zero-order valence-electron chi connectivity index (χ0n) is 11.1. The van der Waals surface area contributed by atoms with Gasteiger partial charge in [-0.25, -0.2) is 0 Å². The summed E-state index contributed by atoms with van der Waals surface area (Å²) in [6, 6.07) is 14.6. The van der Waals surface area contributed by atoms with E-state index in [2.05, 4.69) is 57.1 Å². The number of halogens is 2. The first kappa shape index (κ1) is 15.3. The maximum absolute atomic E-state index is 5.45. The molecule has 1 heterocycles. The van der Waals surface area contributed by atoms with Crippen LogP contribution in [-0.2, 0) is 6.42 Å². The highest BCUT2D eigenvalue weighted by Crippen LogP contribution is 2.26. The van der Waals surface area contributed by atoms with Gasteiger partial charge >= 0.3 is 0 Å². The van der Waals surface area contributed by atoms with Crippen LogP contribution in [0.25, 0.3) is 0 Å². The van der Waals surface area contributed by atoms with Crippen LogP contribution in [0.3, 0.4) is 0 Å². The molecule has 0 N–H and O–H groups in total. The smallest absolute Gasteiger partial charge is 0.206 e. The fraction of sp³-hybridized carbons (Fsp3) is 0.188. The van der Waals surface area contributed by atoms with Crippen LogP contribution >= 0.6 is 15.9 Å². The van der Waals surface area contributed by atoms with E-state index in [1.165, 1.54) is 16.8 Å². The van der Waals surface area contributed by atoms with Crippen molar-refractivity contribution in [3.05, 3.63) is 58.1 Å². The maximum atomic E-state index is 5.45. The molecule has 0 spiro atoms. The zero-order chi connectivity index (χ0) is 13.2. The highest BCUT2D eigenvalue weighted by Gasteiger charge is 2.20. The first-order chi connectivity index (χ1) is 9.28. The van der Waals surface area contributed by atoms with Gasteiger partial charge < -0.3 is 21.7 Å². The summed E-state index contributed by atoms with van der Waals surface area (Å²) in [5.41, 5.74) is 3.74. The van der Waals surface area contributed by atoms with Crippen molar-refractivity contribution in [2.24, 2.45) is 0 Å². The molecule has 0 fully saturated rings. The lowest BCUT2D eigenvalue weighted by molar-refractivity contribution is -0.436. The van der Waals surface area contributed by atoms with E-state index in [-0.39, 0.29) is 17.0 Å². The lowest BCUT2D eigenvalue weighted by atomic mass is 10.0. The third kappa shape index (κ3) is 2.96. The Kier molecular flexibility index (Phi) is 5.00. The van der Waals surface area contributed by atoms with E-state index in [1.54, 1.807) is 7.11 Å². The lowest BCUT2D eigenvalue weighted by Crippen LogP contribution is -3.00. The third-order valence-corrected chi connectivity index (χ3v) is 3.92. The van der Waals surface area contributed by atoms with Gasteiger partial charge in [0.25, 0.3) is 0 Å².